The number of aromatic nitrogens is 2. The average Bonchev–Trinajstić information content (AvgIpc) is 2.72. The van der Waals surface area contributed by atoms with Crippen molar-refractivity contribution in [1.82, 2.24) is 15.5 Å². The highest BCUT2D eigenvalue weighted by atomic mass is 32.1. The van der Waals surface area contributed by atoms with Crippen LogP contribution in [0, 0.1) is 11.6 Å². The third-order valence-electron chi connectivity index (χ3n) is 2.35. The van der Waals surface area contributed by atoms with E-state index in [1.165, 1.54) is 23.5 Å². The lowest BCUT2D eigenvalue weighted by Gasteiger charge is -2.19. The van der Waals surface area contributed by atoms with Gasteiger partial charge >= 0.3 is 0 Å². The summed E-state index contributed by atoms with van der Waals surface area (Å²) >= 11 is 1.33. The molecule has 1 heterocycles. The van der Waals surface area contributed by atoms with Gasteiger partial charge in [0.1, 0.15) is 21.6 Å². The first kappa shape index (κ1) is 14.0. The zero-order chi connectivity index (χ0) is 14.0. The highest BCUT2D eigenvalue weighted by Gasteiger charge is 2.12. The highest BCUT2D eigenvalue weighted by Crippen LogP contribution is 2.25. The lowest BCUT2D eigenvalue weighted by Crippen LogP contribution is -2.35. The number of nitrogens with zero attached hydrogens (tertiary/aromatic N) is 2. The van der Waals surface area contributed by atoms with E-state index in [9.17, 15) is 8.78 Å². The van der Waals surface area contributed by atoms with Crippen molar-refractivity contribution in [2.24, 2.45) is 0 Å². The summed E-state index contributed by atoms with van der Waals surface area (Å²) in [6, 6.07) is 3.35. The molecule has 3 nitrogen and oxygen atoms in total. The molecule has 0 aliphatic rings. The second kappa shape index (κ2) is 5.30. The fraction of sp³-hybridized carbons (Fsp3) is 0.385. The summed E-state index contributed by atoms with van der Waals surface area (Å²) in [7, 11) is 0. The van der Waals surface area contributed by atoms with Crippen LogP contribution in [0.4, 0.5) is 8.78 Å². The number of benzene rings is 1. The summed E-state index contributed by atoms with van der Waals surface area (Å²) in [5.41, 5.74) is 0.397. The molecule has 0 aliphatic heterocycles. The smallest absolute Gasteiger partial charge is 0.148 e. The van der Waals surface area contributed by atoms with Crippen molar-refractivity contribution in [2.75, 3.05) is 0 Å². The summed E-state index contributed by atoms with van der Waals surface area (Å²) in [5, 5.41) is 12.6. The zero-order valence-electron chi connectivity index (χ0n) is 11.0. The molecular weight excluding hydrogens is 268 g/mol. The largest absolute Gasteiger partial charge is 0.306 e. The molecule has 2 rings (SSSR count). The maximum atomic E-state index is 13.1. The van der Waals surface area contributed by atoms with E-state index in [2.05, 4.69) is 36.3 Å². The van der Waals surface area contributed by atoms with E-state index in [-0.39, 0.29) is 5.54 Å². The molecule has 1 aromatic carbocycles. The number of rotatable bonds is 3. The predicted octanol–water partition coefficient (Wildman–Crippen LogP) is 3.37. The van der Waals surface area contributed by atoms with Gasteiger partial charge in [0.05, 0.1) is 6.54 Å². The first-order valence-corrected chi connectivity index (χ1v) is 6.69. The Hall–Kier alpha value is -1.40. The van der Waals surface area contributed by atoms with Gasteiger partial charge in [0.15, 0.2) is 0 Å². The minimum Gasteiger partial charge on any atom is -0.306 e. The Balaban J connectivity index is 2.16. The van der Waals surface area contributed by atoms with Gasteiger partial charge in [-0.25, -0.2) is 8.78 Å². The van der Waals surface area contributed by atoms with E-state index in [1.807, 2.05) is 0 Å². The molecule has 0 spiro atoms. The Morgan fingerprint density at radius 3 is 2.32 bits per heavy atom. The molecule has 0 amide bonds. The Morgan fingerprint density at radius 1 is 1.11 bits per heavy atom. The van der Waals surface area contributed by atoms with Crippen molar-refractivity contribution in [3.8, 4) is 10.6 Å². The molecule has 0 aliphatic carbocycles. The van der Waals surface area contributed by atoms with Crippen LogP contribution in [0.1, 0.15) is 25.8 Å². The van der Waals surface area contributed by atoms with E-state index < -0.39 is 11.6 Å². The third kappa shape index (κ3) is 4.04. The molecule has 0 saturated heterocycles. The molecule has 0 radical (unpaired) electrons. The molecule has 2 aromatic rings. The molecule has 102 valence electrons. The van der Waals surface area contributed by atoms with Crippen LogP contribution in [0.15, 0.2) is 18.2 Å². The summed E-state index contributed by atoms with van der Waals surface area (Å²) in [4.78, 5) is 0. The minimum absolute atomic E-state index is 0.0171. The number of nitrogens with one attached hydrogen (secondary N) is 1. The van der Waals surface area contributed by atoms with Crippen LogP contribution in [0.25, 0.3) is 10.6 Å². The molecular formula is C13H15F2N3S. The Morgan fingerprint density at radius 2 is 1.74 bits per heavy atom. The van der Waals surface area contributed by atoms with Gasteiger partial charge in [-0.1, -0.05) is 11.3 Å². The van der Waals surface area contributed by atoms with Crippen LogP contribution in [0.2, 0.25) is 0 Å². The molecule has 0 atom stereocenters. The summed E-state index contributed by atoms with van der Waals surface area (Å²) in [6.45, 7) is 6.74. The molecule has 6 heteroatoms. The van der Waals surface area contributed by atoms with Crippen molar-refractivity contribution in [3.05, 3.63) is 34.8 Å². The average molecular weight is 283 g/mol. The Labute approximate surface area is 114 Å². The predicted molar refractivity (Wildman–Crippen MR) is 71.9 cm³/mol. The van der Waals surface area contributed by atoms with Crippen molar-refractivity contribution < 1.29 is 8.78 Å². The topological polar surface area (TPSA) is 37.8 Å². The van der Waals surface area contributed by atoms with Gasteiger partial charge in [0, 0.05) is 17.2 Å². The molecule has 1 aromatic heterocycles. The molecule has 0 fully saturated rings. The highest BCUT2D eigenvalue weighted by molar-refractivity contribution is 7.14. The molecule has 0 bridgehead atoms. The normalized spacial score (nSPS) is 11.8. The van der Waals surface area contributed by atoms with Crippen LogP contribution in [0.5, 0.6) is 0 Å². The second-order valence-corrected chi connectivity index (χ2v) is 6.32. The Bertz CT molecular complexity index is 555. The van der Waals surface area contributed by atoms with Gasteiger partial charge in [-0.2, -0.15) is 0 Å². The maximum absolute atomic E-state index is 13.1. The van der Waals surface area contributed by atoms with Crippen LogP contribution < -0.4 is 5.32 Å². The first-order valence-electron chi connectivity index (χ1n) is 5.87. The van der Waals surface area contributed by atoms with Gasteiger partial charge in [-0.05, 0) is 32.9 Å². The molecule has 0 saturated carbocycles. The van der Waals surface area contributed by atoms with Crippen LogP contribution >= 0.6 is 11.3 Å². The van der Waals surface area contributed by atoms with Crippen molar-refractivity contribution in [3.63, 3.8) is 0 Å². The second-order valence-electron chi connectivity index (χ2n) is 5.26. The van der Waals surface area contributed by atoms with Crippen LogP contribution in [-0.2, 0) is 6.54 Å². The fourth-order valence-corrected chi connectivity index (χ4v) is 2.23. The Kier molecular flexibility index (Phi) is 3.91. The van der Waals surface area contributed by atoms with E-state index >= 15 is 0 Å². The lowest BCUT2D eigenvalue weighted by atomic mass is 10.1. The maximum Gasteiger partial charge on any atom is 0.148 e. The van der Waals surface area contributed by atoms with Crippen molar-refractivity contribution >= 4 is 11.3 Å². The van der Waals surface area contributed by atoms with E-state index in [1.54, 1.807) is 0 Å². The standard InChI is InChI=1S/C13H15F2N3S/c1-13(2,3)16-7-11-17-18-12(19-11)8-4-9(14)6-10(15)5-8/h4-6,16H,7H2,1-3H3. The quantitative estimate of drug-likeness (QED) is 0.938. The number of halogens is 2. The van der Waals surface area contributed by atoms with Gasteiger partial charge in [-0.3, -0.25) is 0 Å². The number of hydrogen-bond donors (Lipinski definition) is 1. The fourth-order valence-electron chi connectivity index (χ4n) is 1.46. The van der Waals surface area contributed by atoms with Gasteiger partial charge in [-0.15, -0.1) is 10.2 Å². The first-order chi connectivity index (χ1) is 8.83. The monoisotopic (exact) mass is 283 g/mol. The van der Waals surface area contributed by atoms with Gasteiger partial charge in [0.25, 0.3) is 0 Å². The molecule has 0 unspecified atom stereocenters. The zero-order valence-corrected chi connectivity index (χ0v) is 11.8. The van der Waals surface area contributed by atoms with Crippen LogP contribution in [-0.4, -0.2) is 15.7 Å². The minimum atomic E-state index is -0.612. The van der Waals surface area contributed by atoms with Gasteiger partial charge < -0.3 is 5.32 Å². The van der Waals surface area contributed by atoms with Gasteiger partial charge in [0.2, 0.25) is 0 Å². The molecule has 1 N–H and O–H groups in total. The van der Waals surface area contributed by atoms with E-state index in [0.29, 0.717) is 17.1 Å². The van der Waals surface area contributed by atoms with E-state index in [4.69, 9.17) is 0 Å². The lowest BCUT2D eigenvalue weighted by molar-refractivity contribution is 0.423. The summed E-state index contributed by atoms with van der Waals surface area (Å²) in [5.74, 6) is -1.22. The summed E-state index contributed by atoms with van der Waals surface area (Å²) < 4.78 is 26.3. The molecule has 19 heavy (non-hydrogen) atoms. The van der Waals surface area contributed by atoms with Crippen molar-refractivity contribution in [1.29, 1.82) is 0 Å². The summed E-state index contributed by atoms with van der Waals surface area (Å²) in [6.07, 6.45) is 0. The third-order valence-corrected chi connectivity index (χ3v) is 3.32. The van der Waals surface area contributed by atoms with Crippen LogP contribution in [0.3, 0.4) is 0 Å². The van der Waals surface area contributed by atoms with Crippen molar-refractivity contribution in [2.45, 2.75) is 32.9 Å². The van der Waals surface area contributed by atoms with E-state index in [0.717, 1.165) is 11.1 Å². The SMILES string of the molecule is CC(C)(C)NCc1nnc(-c2cc(F)cc(F)c2)s1. The number of hydrogen-bond acceptors (Lipinski definition) is 4.